The molecule has 0 saturated carbocycles. The predicted octanol–water partition coefficient (Wildman–Crippen LogP) is 3.31. The Balaban J connectivity index is 2.07. The molecule has 26 heavy (non-hydrogen) atoms. The molecule has 11 heteroatoms. The van der Waals surface area contributed by atoms with Crippen LogP contribution in [0.15, 0.2) is 53.8 Å². The van der Waals surface area contributed by atoms with Gasteiger partial charge < -0.3 is 0 Å². The van der Waals surface area contributed by atoms with E-state index in [1.165, 1.54) is 28.9 Å². The number of halogens is 4. The van der Waals surface area contributed by atoms with E-state index in [0.717, 1.165) is 31.6 Å². The van der Waals surface area contributed by atoms with E-state index in [-0.39, 0.29) is 14.9 Å². The molecule has 0 saturated heterocycles. The van der Waals surface area contributed by atoms with Gasteiger partial charge in [-0.2, -0.15) is 22.6 Å². The number of rotatable bonds is 4. The Hall–Kier alpha value is -2.17. The van der Waals surface area contributed by atoms with Gasteiger partial charge in [0, 0.05) is 18.1 Å². The van der Waals surface area contributed by atoms with Crippen molar-refractivity contribution in [1.29, 1.82) is 0 Å². The van der Waals surface area contributed by atoms with Crippen molar-refractivity contribution >= 4 is 27.3 Å². The first-order valence-electron chi connectivity index (χ1n) is 7.20. The molecule has 0 N–H and O–H groups in total. The van der Waals surface area contributed by atoms with E-state index in [0.29, 0.717) is 5.65 Å². The van der Waals surface area contributed by atoms with Crippen molar-refractivity contribution in [2.75, 3.05) is 7.05 Å². The maximum Gasteiger partial charge on any atom is 0.409 e. The van der Waals surface area contributed by atoms with Crippen LogP contribution < -0.4 is 0 Å². The fraction of sp³-hybridized carbons (Fsp3) is 0.200. The van der Waals surface area contributed by atoms with Crippen molar-refractivity contribution in [2.24, 2.45) is 0 Å². The van der Waals surface area contributed by atoms with Crippen LogP contribution in [0.3, 0.4) is 0 Å². The number of benzene rings is 1. The molecule has 0 aliphatic rings. The summed E-state index contributed by atoms with van der Waals surface area (Å²) >= 11 is 5.71. The number of aromatic nitrogens is 3. The largest absolute Gasteiger partial charge is 0.409 e. The van der Waals surface area contributed by atoms with Crippen LogP contribution in [-0.2, 0) is 10.0 Å². The van der Waals surface area contributed by atoms with Crippen molar-refractivity contribution in [2.45, 2.75) is 17.1 Å². The lowest BCUT2D eigenvalue weighted by atomic mass is 10.1. The van der Waals surface area contributed by atoms with Gasteiger partial charge in [0.2, 0.25) is 10.0 Å². The highest BCUT2D eigenvalue weighted by molar-refractivity contribution is 7.89. The van der Waals surface area contributed by atoms with E-state index < -0.39 is 27.1 Å². The minimum Gasteiger partial charge on any atom is -0.236 e. The van der Waals surface area contributed by atoms with E-state index in [1.54, 1.807) is 0 Å². The molecule has 1 aromatic carbocycles. The Morgan fingerprint density at radius 3 is 2.46 bits per heavy atom. The number of hydrogen-bond acceptors (Lipinski definition) is 4. The Morgan fingerprint density at radius 1 is 1.19 bits per heavy atom. The van der Waals surface area contributed by atoms with Crippen LogP contribution in [0.5, 0.6) is 0 Å². The van der Waals surface area contributed by atoms with Crippen LogP contribution in [0.25, 0.3) is 5.65 Å². The Labute approximate surface area is 151 Å². The van der Waals surface area contributed by atoms with Crippen molar-refractivity contribution in [1.82, 2.24) is 18.9 Å². The molecule has 3 rings (SSSR count). The molecule has 0 fully saturated rings. The second kappa shape index (κ2) is 6.53. The molecule has 138 valence electrons. The first-order valence-corrected chi connectivity index (χ1v) is 9.02. The van der Waals surface area contributed by atoms with E-state index in [1.807, 2.05) is 0 Å². The third kappa shape index (κ3) is 3.39. The van der Waals surface area contributed by atoms with Crippen molar-refractivity contribution < 1.29 is 21.6 Å². The third-order valence-corrected chi connectivity index (χ3v) is 5.79. The van der Waals surface area contributed by atoms with Gasteiger partial charge in [-0.05, 0) is 17.7 Å². The molecule has 1 atom stereocenters. The van der Waals surface area contributed by atoms with Crippen LogP contribution in [0.2, 0.25) is 5.02 Å². The van der Waals surface area contributed by atoms with Gasteiger partial charge in [-0.15, -0.1) is 0 Å². The summed E-state index contributed by atoms with van der Waals surface area (Å²) in [6.45, 7) is 0. The maximum absolute atomic E-state index is 13.6. The van der Waals surface area contributed by atoms with Crippen molar-refractivity contribution in [3.05, 3.63) is 59.5 Å². The molecule has 0 bridgehead atoms. The lowest BCUT2D eigenvalue weighted by Crippen LogP contribution is -2.39. The maximum atomic E-state index is 13.6. The molecule has 0 aliphatic carbocycles. The number of hydrogen-bond donors (Lipinski definition) is 0. The second-order valence-electron chi connectivity index (χ2n) is 5.44. The summed E-state index contributed by atoms with van der Waals surface area (Å²) < 4.78 is 67.8. The number of alkyl halides is 3. The zero-order chi connectivity index (χ0) is 19.1. The summed E-state index contributed by atoms with van der Waals surface area (Å²) in [5, 5.41) is 4.09. The van der Waals surface area contributed by atoms with Crippen LogP contribution in [0, 0.1) is 0 Å². The summed E-state index contributed by atoms with van der Waals surface area (Å²) in [6.07, 6.45) is -1.32. The van der Waals surface area contributed by atoms with Crippen LogP contribution in [0.1, 0.15) is 11.6 Å². The van der Waals surface area contributed by atoms with Crippen molar-refractivity contribution in [3.63, 3.8) is 0 Å². The second-order valence-corrected chi connectivity index (χ2v) is 7.87. The molecule has 0 aliphatic heterocycles. The number of nitrogens with zero attached hydrogens (tertiary/aromatic N) is 4. The van der Waals surface area contributed by atoms with Crippen LogP contribution >= 0.6 is 11.6 Å². The van der Waals surface area contributed by atoms with Gasteiger partial charge in [-0.3, -0.25) is 0 Å². The fourth-order valence-corrected chi connectivity index (χ4v) is 3.88. The zero-order valence-corrected chi connectivity index (χ0v) is 14.8. The summed E-state index contributed by atoms with van der Waals surface area (Å²) in [7, 11) is -3.62. The summed E-state index contributed by atoms with van der Waals surface area (Å²) in [5.41, 5.74) is 0.123. The topological polar surface area (TPSA) is 67.6 Å². The minimum absolute atomic E-state index is 0.244. The van der Waals surface area contributed by atoms with Crippen LogP contribution in [0.4, 0.5) is 13.2 Å². The van der Waals surface area contributed by atoms with Gasteiger partial charge in [0.15, 0.2) is 5.65 Å². The first kappa shape index (κ1) is 18.6. The zero-order valence-electron chi connectivity index (χ0n) is 13.2. The fourth-order valence-electron chi connectivity index (χ4n) is 2.48. The molecular weight excluding hydrogens is 393 g/mol. The average molecular weight is 405 g/mol. The lowest BCUT2D eigenvalue weighted by molar-refractivity contribution is -0.171. The van der Waals surface area contributed by atoms with Gasteiger partial charge >= 0.3 is 6.18 Å². The highest BCUT2D eigenvalue weighted by Gasteiger charge is 2.47. The van der Waals surface area contributed by atoms with Gasteiger partial charge in [0.25, 0.3) is 0 Å². The van der Waals surface area contributed by atoms with Crippen LogP contribution in [-0.4, -0.2) is 40.5 Å². The molecule has 3 aromatic rings. The minimum atomic E-state index is -4.83. The normalized spacial score (nSPS) is 14.1. The first-order chi connectivity index (χ1) is 12.1. The van der Waals surface area contributed by atoms with E-state index in [2.05, 4.69) is 10.1 Å². The van der Waals surface area contributed by atoms with E-state index in [4.69, 9.17) is 11.6 Å². The summed E-state index contributed by atoms with van der Waals surface area (Å²) in [4.78, 5) is 3.49. The lowest BCUT2D eigenvalue weighted by Gasteiger charge is -2.29. The Kier molecular flexibility index (Phi) is 4.67. The van der Waals surface area contributed by atoms with Gasteiger partial charge in [-0.25, -0.2) is 17.9 Å². The summed E-state index contributed by atoms with van der Waals surface area (Å²) in [5.74, 6) is 0. The molecule has 1 unspecified atom stereocenters. The van der Waals surface area contributed by atoms with E-state index in [9.17, 15) is 21.6 Å². The molecule has 2 aromatic heterocycles. The standard InChI is InChI=1S/C15H12ClF3N4O2S/c1-22(14(15(17,18)19)10-2-4-11(16)5-3-10)26(24,25)12-8-20-13-6-7-21-23(13)9-12/h2-9,14H,1H3. The Bertz CT molecular complexity index is 1030. The average Bonchev–Trinajstić information content (AvgIpc) is 3.03. The molecule has 6 nitrogen and oxygen atoms in total. The molecule has 0 spiro atoms. The third-order valence-electron chi connectivity index (χ3n) is 3.76. The van der Waals surface area contributed by atoms with Crippen molar-refractivity contribution in [3.8, 4) is 0 Å². The molecule has 0 radical (unpaired) electrons. The molecule has 2 heterocycles. The highest BCUT2D eigenvalue weighted by atomic mass is 35.5. The van der Waals surface area contributed by atoms with Gasteiger partial charge in [0.1, 0.15) is 10.9 Å². The summed E-state index contributed by atoms with van der Waals surface area (Å²) in [6, 6.07) is 3.98. The smallest absolute Gasteiger partial charge is 0.236 e. The predicted molar refractivity (Wildman–Crippen MR) is 88.2 cm³/mol. The number of sulfonamides is 1. The highest BCUT2D eigenvalue weighted by Crippen LogP contribution is 2.39. The van der Waals surface area contributed by atoms with Gasteiger partial charge in [0.05, 0.1) is 18.6 Å². The van der Waals surface area contributed by atoms with Gasteiger partial charge in [-0.1, -0.05) is 23.7 Å². The monoisotopic (exact) mass is 404 g/mol. The SMILES string of the molecule is CN(C(c1ccc(Cl)cc1)C(F)(F)F)S(=O)(=O)c1cnc2ccnn2c1. The van der Waals surface area contributed by atoms with E-state index >= 15 is 0 Å². The quantitative estimate of drug-likeness (QED) is 0.669. The number of fused-ring (bicyclic) bond motifs is 1. The molecule has 0 amide bonds. The Morgan fingerprint density at radius 2 is 1.85 bits per heavy atom. The molecular formula is C15H12ClF3N4O2S.